The van der Waals surface area contributed by atoms with Crippen molar-refractivity contribution in [1.82, 2.24) is 9.97 Å². The summed E-state index contributed by atoms with van der Waals surface area (Å²) in [4.78, 5) is 19.7. The number of anilines is 1. The van der Waals surface area contributed by atoms with E-state index < -0.39 is 21.5 Å². The summed E-state index contributed by atoms with van der Waals surface area (Å²) in [6, 6.07) is 11.4. The van der Waals surface area contributed by atoms with Crippen LogP contribution in [0.4, 0.5) is 10.1 Å². The summed E-state index contributed by atoms with van der Waals surface area (Å²) in [7, 11) is -3.34. The molecule has 140 valence electrons. The van der Waals surface area contributed by atoms with Crippen LogP contribution in [0.25, 0.3) is 11.0 Å². The van der Waals surface area contributed by atoms with E-state index in [1.54, 1.807) is 30.3 Å². The molecule has 27 heavy (non-hydrogen) atoms. The number of imidazole rings is 1. The van der Waals surface area contributed by atoms with Crippen molar-refractivity contribution in [3.8, 4) is 0 Å². The monoisotopic (exact) mass is 387 g/mol. The van der Waals surface area contributed by atoms with Gasteiger partial charge in [0.2, 0.25) is 5.91 Å². The number of amides is 1. The molecule has 3 aromatic rings. The van der Waals surface area contributed by atoms with Crippen LogP contribution >= 0.6 is 0 Å². The summed E-state index contributed by atoms with van der Waals surface area (Å²) < 4.78 is 36.8. The maximum atomic E-state index is 13.0. The lowest BCUT2D eigenvalue weighted by Gasteiger charge is -2.05. The van der Waals surface area contributed by atoms with E-state index in [9.17, 15) is 17.6 Å². The summed E-state index contributed by atoms with van der Waals surface area (Å²) in [5.41, 5.74) is 2.90. The number of aromatic amines is 1. The zero-order valence-electron chi connectivity index (χ0n) is 14.4. The Bertz CT molecular complexity index is 1100. The molecule has 1 aromatic heterocycles. The Hall–Kier alpha value is -2.74. The van der Waals surface area contributed by atoms with Gasteiger partial charge in [0.15, 0.2) is 9.84 Å². The van der Waals surface area contributed by atoms with Gasteiger partial charge in [-0.1, -0.05) is 12.1 Å². The minimum atomic E-state index is -3.34. The van der Waals surface area contributed by atoms with Crippen LogP contribution in [0, 0.1) is 5.82 Å². The molecule has 1 fully saturated rings. The fourth-order valence-electron chi connectivity index (χ4n) is 2.94. The number of aromatic nitrogens is 2. The fraction of sp³-hybridized carbons (Fsp3) is 0.263. The van der Waals surface area contributed by atoms with E-state index in [1.165, 1.54) is 12.1 Å². The smallest absolute Gasteiger partial charge is 0.239 e. The van der Waals surface area contributed by atoms with Gasteiger partial charge in [0.1, 0.15) is 17.4 Å². The lowest BCUT2D eigenvalue weighted by Crippen LogP contribution is -2.25. The molecule has 4 rings (SSSR count). The molecule has 0 unspecified atom stereocenters. The molecule has 2 aromatic carbocycles. The van der Waals surface area contributed by atoms with Gasteiger partial charge in [0.05, 0.1) is 16.3 Å². The quantitative estimate of drug-likeness (QED) is 0.680. The molecule has 1 heterocycles. The second kappa shape index (κ2) is 6.77. The van der Waals surface area contributed by atoms with Crippen LogP contribution in [0.15, 0.2) is 42.5 Å². The third kappa shape index (κ3) is 4.16. The van der Waals surface area contributed by atoms with Gasteiger partial charge in [0.25, 0.3) is 0 Å². The van der Waals surface area contributed by atoms with Gasteiger partial charge in [-0.05, 0) is 48.7 Å². The fourth-order valence-corrected chi connectivity index (χ4v) is 4.47. The van der Waals surface area contributed by atoms with Gasteiger partial charge in [-0.15, -0.1) is 0 Å². The molecule has 2 N–H and O–H groups in total. The first-order valence-corrected chi connectivity index (χ1v) is 10.4. The molecule has 1 saturated carbocycles. The van der Waals surface area contributed by atoms with Crippen molar-refractivity contribution >= 4 is 32.5 Å². The highest BCUT2D eigenvalue weighted by Gasteiger charge is 2.36. The van der Waals surface area contributed by atoms with Crippen LogP contribution in [0.2, 0.25) is 0 Å². The highest BCUT2D eigenvalue weighted by molar-refractivity contribution is 7.93. The predicted octanol–water partition coefficient (Wildman–Crippen LogP) is 2.81. The summed E-state index contributed by atoms with van der Waals surface area (Å²) in [5, 5.41) is 2.28. The molecule has 0 saturated heterocycles. The van der Waals surface area contributed by atoms with E-state index in [4.69, 9.17) is 0 Å². The Morgan fingerprint density at radius 3 is 2.63 bits per heavy atom. The van der Waals surface area contributed by atoms with E-state index in [2.05, 4.69) is 15.3 Å². The summed E-state index contributed by atoms with van der Waals surface area (Å²) in [6.07, 6.45) is 1.81. The van der Waals surface area contributed by atoms with Crippen molar-refractivity contribution in [3.63, 3.8) is 0 Å². The molecule has 6 nitrogen and oxygen atoms in total. The summed E-state index contributed by atoms with van der Waals surface area (Å²) in [5.74, 6) is -0.592. The van der Waals surface area contributed by atoms with E-state index in [0.29, 0.717) is 24.9 Å². The highest BCUT2D eigenvalue weighted by Crippen LogP contribution is 2.29. The number of carbonyl (C=O) groups excluding carboxylic acids is 1. The molecule has 0 bridgehead atoms. The van der Waals surface area contributed by atoms with Crippen LogP contribution in [0.1, 0.15) is 24.2 Å². The number of hydrogen-bond donors (Lipinski definition) is 2. The Morgan fingerprint density at radius 1 is 1.19 bits per heavy atom. The molecule has 0 radical (unpaired) electrons. The van der Waals surface area contributed by atoms with Crippen LogP contribution in [-0.2, 0) is 21.1 Å². The van der Waals surface area contributed by atoms with E-state index in [-0.39, 0.29) is 11.1 Å². The van der Waals surface area contributed by atoms with Crippen molar-refractivity contribution in [2.24, 2.45) is 0 Å². The number of H-pyrrole nitrogens is 1. The molecule has 0 spiro atoms. The van der Waals surface area contributed by atoms with Crippen molar-refractivity contribution in [2.45, 2.75) is 24.5 Å². The van der Waals surface area contributed by atoms with Crippen LogP contribution in [0.5, 0.6) is 0 Å². The number of fused-ring (bicyclic) bond motifs is 1. The first-order chi connectivity index (χ1) is 12.9. The molecule has 0 aliphatic heterocycles. The maximum absolute atomic E-state index is 13.0. The minimum Gasteiger partial charge on any atom is -0.342 e. The Kier molecular flexibility index (Phi) is 4.43. The lowest BCUT2D eigenvalue weighted by atomic mass is 10.1. The largest absolute Gasteiger partial charge is 0.342 e. The van der Waals surface area contributed by atoms with Crippen LogP contribution < -0.4 is 5.32 Å². The average molecular weight is 387 g/mol. The Morgan fingerprint density at radius 2 is 1.93 bits per heavy atom. The normalized spacial score (nSPS) is 14.4. The number of carbonyl (C=O) groups is 1. The van der Waals surface area contributed by atoms with Crippen molar-refractivity contribution < 1.29 is 17.6 Å². The number of sulfone groups is 1. The number of benzene rings is 2. The number of halogens is 1. The molecule has 8 heteroatoms. The summed E-state index contributed by atoms with van der Waals surface area (Å²) >= 11 is 0. The van der Waals surface area contributed by atoms with Gasteiger partial charge in [-0.25, -0.2) is 17.8 Å². The standard InChI is InChI=1S/C19H18FN3O3S/c20-13-3-1-12(2-4-13)9-18-22-16-8-5-14(10-17(16)23-18)21-19(24)11-27(25,26)15-6-7-15/h1-5,8,10,15H,6-7,9,11H2,(H,21,24)(H,22,23). The molecule has 0 atom stereocenters. The molecular weight excluding hydrogens is 369 g/mol. The topological polar surface area (TPSA) is 91.9 Å². The Labute approximate surface area is 155 Å². The van der Waals surface area contributed by atoms with Gasteiger partial charge >= 0.3 is 0 Å². The number of nitrogens with zero attached hydrogens (tertiary/aromatic N) is 1. The van der Waals surface area contributed by atoms with E-state index in [1.807, 2.05) is 0 Å². The van der Waals surface area contributed by atoms with E-state index >= 15 is 0 Å². The van der Waals surface area contributed by atoms with E-state index in [0.717, 1.165) is 22.4 Å². The molecule has 1 aliphatic rings. The van der Waals surface area contributed by atoms with Gasteiger partial charge in [-0.3, -0.25) is 4.79 Å². The van der Waals surface area contributed by atoms with Gasteiger partial charge in [0, 0.05) is 12.1 Å². The molecule has 1 aliphatic carbocycles. The van der Waals surface area contributed by atoms with Crippen molar-refractivity contribution in [3.05, 3.63) is 59.7 Å². The average Bonchev–Trinajstić information content (AvgIpc) is 3.39. The number of hydrogen-bond acceptors (Lipinski definition) is 4. The first-order valence-electron chi connectivity index (χ1n) is 8.63. The third-order valence-electron chi connectivity index (χ3n) is 4.46. The van der Waals surface area contributed by atoms with Crippen LogP contribution in [0.3, 0.4) is 0 Å². The van der Waals surface area contributed by atoms with Crippen molar-refractivity contribution in [2.75, 3.05) is 11.1 Å². The first kappa shape index (κ1) is 17.7. The van der Waals surface area contributed by atoms with Gasteiger partial charge in [-0.2, -0.15) is 0 Å². The zero-order valence-corrected chi connectivity index (χ0v) is 15.2. The highest BCUT2D eigenvalue weighted by atomic mass is 32.2. The lowest BCUT2D eigenvalue weighted by molar-refractivity contribution is -0.113. The third-order valence-corrected chi connectivity index (χ3v) is 6.62. The molecule has 1 amide bonds. The minimum absolute atomic E-state index is 0.285. The second-order valence-corrected chi connectivity index (χ2v) is 9.05. The molecular formula is C19H18FN3O3S. The zero-order chi connectivity index (χ0) is 19.0. The van der Waals surface area contributed by atoms with Gasteiger partial charge < -0.3 is 10.3 Å². The predicted molar refractivity (Wildman–Crippen MR) is 101 cm³/mol. The van der Waals surface area contributed by atoms with Crippen LogP contribution in [-0.4, -0.2) is 35.3 Å². The van der Waals surface area contributed by atoms with Crippen molar-refractivity contribution in [1.29, 1.82) is 0 Å². The summed E-state index contributed by atoms with van der Waals surface area (Å²) in [6.45, 7) is 0. The SMILES string of the molecule is O=C(CS(=O)(=O)C1CC1)Nc1ccc2nc(Cc3ccc(F)cc3)[nH]c2c1. The number of rotatable bonds is 6. The Balaban J connectivity index is 1.47. The number of nitrogens with one attached hydrogen (secondary N) is 2. The maximum Gasteiger partial charge on any atom is 0.239 e. The second-order valence-electron chi connectivity index (χ2n) is 6.77.